The summed E-state index contributed by atoms with van der Waals surface area (Å²) in [7, 11) is 0. The molecule has 0 aliphatic rings. The third-order valence-electron chi connectivity index (χ3n) is 2.61. The highest BCUT2D eigenvalue weighted by atomic mass is 35.5. The number of unbranched alkanes of at least 4 members (excludes halogenated alkanes) is 1. The molecule has 1 aromatic rings. The van der Waals surface area contributed by atoms with Crippen molar-refractivity contribution in [3.8, 4) is 6.07 Å². The van der Waals surface area contributed by atoms with Crippen molar-refractivity contribution in [3.63, 3.8) is 0 Å². The molecule has 0 aliphatic heterocycles. The average molecular weight is 237 g/mol. The van der Waals surface area contributed by atoms with E-state index in [0.29, 0.717) is 10.6 Å². The molecule has 0 amide bonds. The second-order valence-electron chi connectivity index (χ2n) is 3.68. The van der Waals surface area contributed by atoms with Crippen LogP contribution in [0.25, 0.3) is 0 Å². The number of benzene rings is 1. The first-order valence-corrected chi connectivity index (χ1v) is 6.05. The first-order chi connectivity index (χ1) is 7.74. The fraction of sp³-hybridized carbons (Fsp3) is 0.462. The predicted octanol–water partition coefficient (Wildman–Crippen LogP) is 3.84. The molecule has 0 heterocycles. The zero-order chi connectivity index (χ0) is 12.0. The molecule has 0 atom stereocenters. The Morgan fingerprint density at radius 1 is 1.38 bits per heavy atom. The molecule has 1 aromatic carbocycles. The van der Waals surface area contributed by atoms with Crippen LogP contribution in [0.3, 0.4) is 0 Å². The van der Waals surface area contributed by atoms with Crippen LogP contribution in [-0.4, -0.2) is 13.1 Å². The molecule has 0 saturated heterocycles. The molecule has 0 fully saturated rings. The van der Waals surface area contributed by atoms with Crippen molar-refractivity contribution in [2.75, 3.05) is 18.0 Å². The van der Waals surface area contributed by atoms with E-state index in [-0.39, 0.29) is 0 Å². The van der Waals surface area contributed by atoms with Crippen LogP contribution in [0, 0.1) is 11.3 Å². The van der Waals surface area contributed by atoms with Crippen molar-refractivity contribution in [2.24, 2.45) is 0 Å². The third kappa shape index (κ3) is 2.90. The van der Waals surface area contributed by atoms with Gasteiger partial charge in [0.25, 0.3) is 0 Å². The Labute approximate surface area is 102 Å². The first kappa shape index (κ1) is 12.9. The fourth-order valence-corrected chi connectivity index (χ4v) is 1.90. The summed E-state index contributed by atoms with van der Waals surface area (Å²) in [6.45, 7) is 6.13. The Hall–Kier alpha value is -1.20. The lowest BCUT2D eigenvalue weighted by atomic mass is 10.1. The summed E-state index contributed by atoms with van der Waals surface area (Å²) in [5.74, 6) is 0. The summed E-state index contributed by atoms with van der Waals surface area (Å²) in [5.41, 5.74) is 1.54. The van der Waals surface area contributed by atoms with Crippen LogP contribution in [0.4, 0.5) is 5.69 Å². The van der Waals surface area contributed by atoms with Gasteiger partial charge in [0.05, 0.1) is 16.3 Å². The van der Waals surface area contributed by atoms with Crippen LogP contribution in [0.15, 0.2) is 18.2 Å². The average Bonchev–Trinajstić information content (AvgIpc) is 2.30. The molecule has 0 radical (unpaired) electrons. The molecule has 1 rings (SSSR count). The smallest absolute Gasteiger partial charge is 0.103 e. The summed E-state index contributed by atoms with van der Waals surface area (Å²) in [4.78, 5) is 2.20. The molecule has 16 heavy (non-hydrogen) atoms. The third-order valence-corrected chi connectivity index (χ3v) is 2.92. The quantitative estimate of drug-likeness (QED) is 0.777. The maximum atomic E-state index is 9.11. The minimum absolute atomic E-state index is 0.537. The predicted molar refractivity (Wildman–Crippen MR) is 69.0 cm³/mol. The van der Waals surface area contributed by atoms with E-state index in [4.69, 9.17) is 16.9 Å². The second kappa shape index (κ2) is 6.40. The van der Waals surface area contributed by atoms with Crippen molar-refractivity contribution in [1.29, 1.82) is 5.26 Å². The van der Waals surface area contributed by atoms with Gasteiger partial charge in [0.2, 0.25) is 0 Å². The molecule has 0 unspecified atom stereocenters. The van der Waals surface area contributed by atoms with E-state index in [0.717, 1.165) is 31.6 Å². The number of rotatable bonds is 5. The fourth-order valence-electron chi connectivity index (χ4n) is 1.68. The molecule has 86 valence electrons. The summed E-state index contributed by atoms with van der Waals surface area (Å²) in [6.07, 6.45) is 2.28. The summed E-state index contributed by atoms with van der Waals surface area (Å²) >= 11 is 6.02. The molecule has 0 aromatic heterocycles. The number of anilines is 1. The molecule has 0 spiro atoms. The van der Waals surface area contributed by atoms with Crippen molar-refractivity contribution in [2.45, 2.75) is 26.7 Å². The number of nitrogens with zero attached hydrogens (tertiary/aromatic N) is 2. The Bertz CT molecular complexity index is 382. The zero-order valence-electron chi connectivity index (χ0n) is 9.83. The van der Waals surface area contributed by atoms with Gasteiger partial charge >= 0.3 is 0 Å². The highest BCUT2D eigenvalue weighted by Gasteiger charge is 2.11. The monoisotopic (exact) mass is 236 g/mol. The Morgan fingerprint density at radius 2 is 2.12 bits per heavy atom. The van der Waals surface area contributed by atoms with E-state index >= 15 is 0 Å². The largest absolute Gasteiger partial charge is 0.371 e. The number of hydrogen-bond acceptors (Lipinski definition) is 2. The number of nitriles is 1. The van der Waals surface area contributed by atoms with Gasteiger partial charge in [0, 0.05) is 13.1 Å². The van der Waals surface area contributed by atoms with Crippen LogP contribution >= 0.6 is 11.6 Å². The van der Waals surface area contributed by atoms with E-state index in [2.05, 4.69) is 24.8 Å². The van der Waals surface area contributed by atoms with Crippen molar-refractivity contribution in [1.82, 2.24) is 0 Å². The molecule has 3 heteroatoms. The molecular weight excluding hydrogens is 220 g/mol. The van der Waals surface area contributed by atoms with Crippen molar-refractivity contribution >= 4 is 17.3 Å². The highest BCUT2D eigenvalue weighted by molar-refractivity contribution is 6.32. The van der Waals surface area contributed by atoms with Gasteiger partial charge < -0.3 is 4.90 Å². The van der Waals surface area contributed by atoms with Gasteiger partial charge in [-0.05, 0) is 25.5 Å². The molecule has 2 nitrogen and oxygen atoms in total. The van der Waals surface area contributed by atoms with E-state index in [1.165, 1.54) is 0 Å². The van der Waals surface area contributed by atoms with E-state index < -0.39 is 0 Å². The Morgan fingerprint density at radius 3 is 2.69 bits per heavy atom. The van der Waals surface area contributed by atoms with Gasteiger partial charge in [0.15, 0.2) is 0 Å². The van der Waals surface area contributed by atoms with Crippen molar-refractivity contribution < 1.29 is 0 Å². The van der Waals surface area contributed by atoms with Crippen LogP contribution in [0.1, 0.15) is 32.3 Å². The maximum absolute atomic E-state index is 9.11. The van der Waals surface area contributed by atoms with Gasteiger partial charge in [-0.25, -0.2) is 0 Å². The molecule has 0 bridgehead atoms. The molecule has 0 N–H and O–H groups in total. The van der Waals surface area contributed by atoms with Gasteiger partial charge in [-0.2, -0.15) is 5.26 Å². The van der Waals surface area contributed by atoms with E-state index in [1.54, 1.807) is 6.07 Å². The van der Waals surface area contributed by atoms with Crippen LogP contribution in [0.5, 0.6) is 0 Å². The first-order valence-electron chi connectivity index (χ1n) is 5.68. The topological polar surface area (TPSA) is 27.0 Å². The number of hydrogen-bond donors (Lipinski definition) is 0. The molecular formula is C13H17ClN2. The van der Waals surface area contributed by atoms with Crippen LogP contribution in [-0.2, 0) is 0 Å². The minimum Gasteiger partial charge on any atom is -0.371 e. The Balaban J connectivity index is 3.00. The summed E-state index contributed by atoms with van der Waals surface area (Å²) in [5, 5.41) is 9.64. The van der Waals surface area contributed by atoms with Gasteiger partial charge in [-0.1, -0.05) is 31.0 Å². The lowest BCUT2D eigenvalue weighted by molar-refractivity contribution is 0.731. The lowest BCUT2D eigenvalue weighted by Crippen LogP contribution is -2.24. The lowest BCUT2D eigenvalue weighted by Gasteiger charge is -2.24. The molecule has 0 saturated carbocycles. The second-order valence-corrected chi connectivity index (χ2v) is 4.09. The van der Waals surface area contributed by atoms with Crippen LogP contribution in [0.2, 0.25) is 5.02 Å². The van der Waals surface area contributed by atoms with Crippen LogP contribution < -0.4 is 4.90 Å². The zero-order valence-corrected chi connectivity index (χ0v) is 10.6. The summed E-state index contributed by atoms with van der Waals surface area (Å²) < 4.78 is 0. The summed E-state index contributed by atoms with van der Waals surface area (Å²) in [6, 6.07) is 7.80. The maximum Gasteiger partial charge on any atom is 0.103 e. The van der Waals surface area contributed by atoms with Crippen molar-refractivity contribution in [3.05, 3.63) is 28.8 Å². The van der Waals surface area contributed by atoms with E-state index in [1.807, 2.05) is 12.1 Å². The van der Waals surface area contributed by atoms with Gasteiger partial charge in [-0.15, -0.1) is 0 Å². The Kier molecular flexibility index (Phi) is 5.14. The van der Waals surface area contributed by atoms with Gasteiger partial charge in [0.1, 0.15) is 6.07 Å². The SMILES string of the molecule is CCCCN(CC)c1cccc(Cl)c1C#N. The van der Waals surface area contributed by atoms with E-state index in [9.17, 15) is 0 Å². The minimum atomic E-state index is 0.537. The number of halogens is 1. The molecule has 0 aliphatic carbocycles. The highest BCUT2D eigenvalue weighted by Crippen LogP contribution is 2.26. The van der Waals surface area contributed by atoms with Gasteiger partial charge in [-0.3, -0.25) is 0 Å². The standard InChI is InChI=1S/C13H17ClN2/c1-3-5-9-16(4-2)13-8-6-7-12(14)11(13)10-15/h6-8H,3-5,9H2,1-2H3. The normalized spacial score (nSPS) is 9.88.